The minimum absolute atomic E-state index is 0.0390. The summed E-state index contributed by atoms with van der Waals surface area (Å²) in [4.78, 5) is 34.3. The fourth-order valence-electron chi connectivity index (χ4n) is 2.87. The lowest BCUT2D eigenvalue weighted by atomic mass is 10.1. The first-order chi connectivity index (χ1) is 14.9. The van der Waals surface area contributed by atoms with E-state index >= 15 is 0 Å². The standard InChI is InChI=1S/C22H25N3O5S/c1-16-18(11-5-12-19(16)25(28)29)23-22(31)24-20(26)13-6-14-21(27)30-15-7-10-17-8-3-2-4-9-17/h2-5,8-9,11-12H,6-7,10,13-15H2,1H3,(H2,23,24,26,31). The zero-order valence-corrected chi connectivity index (χ0v) is 18.1. The molecule has 0 aliphatic heterocycles. The van der Waals surface area contributed by atoms with E-state index < -0.39 is 4.92 Å². The van der Waals surface area contributed by atoms with Gasteiger partial charge in [0.1, 0.15) is 0 Å². The third kappa shape index (κ3) is 8.51. The van der Waals surface area contributed by atoms with Crippen LogP contribution in [0.2, 0.25) is 0 Å². The number of ether oxygens (including phenoxy) is 1. The summed E-state index contributed by atoms with van der Waals surface area (Å²) in [6.45, 7) is 1.94. The van der Waals surface area contributed by atoms with Crippen LogP contribution in [0.15, 0.2) is 48.5 Å². The lowest BCUT2D eigenvalue weighted by molar-refractivity contribution is -0.385. The van der Waals surface area contributed by atoms with Crippen LogP contribution in [0.25, 0.3) is 0 Å². The van der Waals surface area contributed by atoms with Crippen molar-refractivity contribution in [3.05, 3.63) is 69.8 Å². The Labute approximate surface area is 186 Å². The Balaban J connectivity index is 1.63. The van der Waals surface area contributed by atoms with Crippen LogP contribution in [0.3, 0.4) is 0 Å². The van der Waals surface area contributed by atoms with Gasteiger partial charge in [-0.2, -0.15) is 0 Å². The number of carbonyl (C=O) groups excluding carboxylic acids is 2. The van der Waals surface area contributed by atoms with Gasteiger partial charge in [0, 0.05) is 18.9 Å². The van der Waals surface area contributed by atoms with E-state index in [-0.39, 0.29) is 35.5 Å². The topological polar surface area (TPSA) is 111 Å². The number of nitro groups is 1. The summed E-state index contributed by atoms with van der Waals surface area (Å²) in [5, 5.41) is 16.3. The van der Waals surface area contributed by atoms with E-state index in [0.717, 1.165) is 12.8 Å². The fourth-order valence-corrected chi connectivity index (χ4v) is 3.10. The number of esters is 1. The first kappa shape index (κ1) is 23.9. The van der Waals surface area contributed by atoms with Crippen LogP contribution in [0.4, 0.5) is 11.4 Å². The summed E-state index contributed by atoms with van der Waals surface area (Å²) in [6.07, 6.45) is 2.16. The third-order valence-corrected chi connectivity index (χ3v) is 4.71. The Hall–Kier alpha value is -3.33. The molecule has 2 aromatic rings. The van der Waals surface area contributed by atoms with Gasteiger partial charge in [-0.1, -0.05) is 36.4 Å². The van der Waals surface area contributed by atoms with Crippen molar-refractivity contribution in [1.82, 2.24) is 5.32 Å². The van der Waals surface area contributed by atoms with Crippen molar-refractivity contribution in [2.24, 2.45) is 0 Å². The summed E-state index contributed by atoms with van der Waals surface area (Å²) >= 11 is 5.09. The van der Waals surface area contributed by atoms with Crippen molar-refractivity contribution >= 4 is 40.6 Å². The molecule has 0 radical (unpaired) electrons. The lowest BCUT2D eigenvalue weighted by Crippen LogP contribution is -2.34. The highest BCUT2D eigenvalue weighted by molar-refractivity contribution is 7.80. The normalized spacial score (nSPS) is 10.2. The Morgan fingerprint density at radius 2 is 1.81 bits per heavy atom. The molecule has 0 aromatic heterocycles. The molecule has 1 amide bonds. The molecular formula is C22H25N3O5S. The summed E-state index contributed by atoms with van der Waals surface area (Å²) in [5.41, 5.74) is 2.01. The maximum Gasteiger partial charge on any atom is 0.305 e. The van der Waals surface area contributed by atoms with Crippen molar-refractivity contribution < 1.29 is 19.2 Å². The maximum atomic E-state index is 12.0. The van der Waals surface area contributed by atoms with E-state index in [1.54, 1.807) is 13.0 Å². The van der Waals surface area contributed by atoms with Gasteiger partial charge in [-0.15, -0.1) is 0 Å². The zero-order valence-electron chi connectivity index (χ0n) is 17.3. The van der Waals surface area contributed by atoms with E-state index in [4.69, 9.17) is 17.0 Å². The molecule has 0 saturated carbocycles. The average molecular weight is 444 g/mol. The van der Waals surface area contributed by atoms with Crippen molar-refractivity contribution in [1.29, 1.82) is 0 Å². The highest BCUT2D eigenvalue weighted by atomic mass is 32.1. The van der Waals surface area contributed by atoms with E-state index in [2.05, 4.69) is 10.6 Å². The number of benzene rings is 2. The first-order valence-corrected chi connectivity index (χ1v) is 10.3. The molecule has 0 spiro atoms. The molecule has 0 bridgehead atoms. The van der Waals surface area contributed by atoms with Gasteiger partial charge >= 0.3 is 5.97 Å². The van der Waals surface area contributed by atoms with Crippen LogP contribution >= 0.6 is 12.2 Å². The van der Waals surface area contributed by atoms with Crippen LogP contribution in [0.1, 0.15) is 36.8 Å². The second-order valence-corrected chi connectivity index (χ2v) is 7.28. The minimum atomic E-state index is -0.483. The molecule has 2 aromatic carbocycles. The molecule has 9 heteroatoms. The highest BCUT2D eigenvalue weighted by Gasteiger charge is 2.14. The highest BCUT2D eigenvalue weighted by Crippen LogP contribution is 2.24. The van der Waals surface area contributed by atoms with Gasteiger partial charge in [-0.25, -0.2) is 0 Å². The number of nitro benzene ring substituents is 1. The lowest BCUT2D eigenvalue weighted by Gasteiger charge is -2.11. The number of thiocarbonyl (C=S) groups is 1. The molecule has 0 saturated heterocycles. The molecule has 31 heavy (non-hydrogen) atoms. The molecule has 0 fully saturated rings. The van der Waals surface area contributed by atoms with Crippen molar-refractivity contribution in [2.75, 3.05) is 11.9 Å². The SMILES string of the molecule is Cc1c(NC(=S)NC(=O)CCCC(=O)OCCCc2ccccc2)cccc1[N+](=O)[O-]. The van der Waals surface area contributed by atoms with Gasteiger partial charge in [-0.05, 0) is 50.0 Å². The van der Waals surface area contributed by atoms with E-state index in [1.807, 2.05) is 30.3 Å². The first-order valence-electron chi connectivity index (χ1n) is 9.91. The number of hydrogen-bond donors (Lipinski definition) is 2. The van der Waals surface area contributed by atoms with Crippen LogP contribution in [-0.2, 0) is 20.7 Å². The monoisotopic (exact) mass is 443 g/mol. The number of aryl methyl sites for hydroxylation is 1. The van der Waals surface area contributed by atoms with E-state index in [1.165, 1.54) is 17.7 Å². The average Bonchev–Trinajstić information content (AvgIpc) is 2.73. The Morgan fingerprint density at radius 3 is 2.52 bits per heavy atom. The molecule has 0 unspecified atom stereocenters. The molecule has 164 valence electrons. The largest absolute Gasteiger partial charge is 0.466 e. The van der Waals surface area contributed by atoms with Gasteiger partial charge in [-0.3, -0.25) is 19.7 Å². The maximum absolute atomic E-state index is 12.0. The van der Waals surface area contributed by atoms with Crippen LogP contribution < -0.4 is 10.6 Å². The number of rotatable bonds is 10. The Bertz CT molecular complexity index is 934. The number of nitrogens with one attached hydrogen (secondary N) is 2. The van der Waals surface area contributed by atoms with Gasteiger partial charge in [0.25, 0.3) is 5.69 Å². The smallest absolute Gasteiger partial charge is 0.305 e. The predicted molar refractivity (Wildman–Crippen MR) is 122 cm³/mol. The Kier molecular flexibility index (Phi) is 9.57. The molecule has 0 atom stereocenters. The second kappa shape index (κ2) is 12.4. The van der Waals surface area contributed by atoms with Crippen LogP contribution in [0, 0.1) is 17.0 Å². The number of nitrogens with zero attached hydrogens (tertiary/aromatic N) is 1. The van der Waals surface area contributed by atoms with Crippen molar-refractivity contribution in [3.8, 4) is 0 Å². The van der Waals surface area contributed by atoms with Crippen molar-refractivity contribution in [2.45, 2.75) is 39.0 Å². The zero-order chi connectivity index (χ0) is 22.6. The van der Waals surface area contributed by atoms with Crippen LogP contribution in [0.5, 0.6) is 0 Å². The summed E-state index contributed by atoms with van der Waals surface area (Å²) in [5.74, 6) is -0.689. The quantitative estimate of drug-likeness (QED) is 0.187. The molecule has 0 aliphatic carbocycles. The van der Waals surface area contributed by atoms with Crippen LogP contribution in [-0.4, -0.2) is 28.5 Å². The van der Waals surface area contributed by atoms with Gasteiger partial charge in [0.05, 0.1) is 22.8 Å². The van der Waals surface area contributed by atoms with E-state index in [9.17, 15) is 19.7 Å². The summed E-state index contributed by atoms with van der Waals surface area (Å²) < 4.78 is 5.19. The molecule has 8 nitrogen and oxygen atoms in total. The third-order valence-electron chi connectivity index (χ3n) is 4.50. The number of carbonyl (C=O) groups is 2. The number of hydrogen-bond acceptors (Lipinski definition) is 6. The molecule has 0 heterocycles. The summed E-state index contributed by atoms with van der Waals surface area (Å²) in [7, 11) is 0. The van der Waals surface area contributed by atoms with Gasteiger partial charge in [0.2, 0.25) is 5.91 Å². The molecule has 2 rings (SSSR count). The molecule has 0 aliphatic rings. The molecular weight excluding hydrogens is 418 g/mol. The molecule has 2 N–H and O–H groups in total. The van der Waals surface area contributed by atoms with Gasteiger partial charge in [0.15, 0.2) is 5.11 Å². The number of amides is 1. The van der Waals surface area contributed by atoms with E-state index in [0.29, 0.717) is 24.3 Å². The fraction of sp³-hybridized carbons (Fsp3) is 0.318. The Morgan fingerprint density at radius 1 is 1.06 bits per heavy atom. The van der Waals surface area contributed by atoms with Crippen molar-refractivity contribution in [3.63, 3.8) is 0 Å². The van der Waals surface area contributed by atoms with Gasteiger partial charge < -0.3 is 15.4 Å². The summed E-state index contributed by atoms with van der Waals surface area (Å²) in [6, 6.07) is 14.5. The predicted octanol–water partition coefficient (Wildman–Crippen LogP) is 4.06. The second-order valence-electron chi connectivity index (χ2n) is 6.87. The minimum Gasteiger partial charge on any atom is -0.466 e. The number of anilines is 1.